The van der Waals surface area contributed by atoms with E-state index in [0.29, 0.717) is 30.5 Å². The van der Waals surface area contributed by atoms with Crippen LogP contribution in [0.3, 0.4) is 0 Å². The van der Waals surface area contributed by atoms with Crippen LogP contribution >= 0.6 is 0 Å². The number of nitrogens with one attached hydrogen (secondary N) is 1. The third kappa shape index (κ3) is 3.54. The van der Waals surface area contributed by atoms with Crippen LogP contribution < -0.4 is 16.5 Å². The Morgan fingerprint density at radius 2 is 1.88 bits per heavy atom. The highest BCUT2D eigenvalue weighted by Gasteiger charge is 2.15. The van der Waals surface area contributed by atoms with Gasteiger partial charge in [0.2, 0.25) is 0 Å². The quantitative estimate of drug-likeness (QED) is 0.640. The maximum Gasteiger partial charge on any atom is 0.352 e. The molecule has 0 spiro atoms. The Labute approximate surface area is 144 Å². The maximum absolute atomic E-state index is 12.3. The summed E-state index contributed by atoms with van der Waals surface area (Å²) in [5, 5.41) is 13.2. The van der Waals surface area contributed by atoms with Gasteiger partial charge in [-0.3, -0.25) is 4.79 Å². The summed E-state index contributed by atoms with van der Waals surface area (Å²) in [5.41, 5.74) is 7.51. The molecule has 0 aliphatic carbocycles. The van der Waals surface area contributed by atoms with Crippen molar-refractivity contribution in [3.05, 3.63) is 76.1 Å². The average Bonchev–Trinajstić information content (AvgIpc) is 2.62. The Morgan fingerprint density at radius 3 is 2.56 bits per heavy atom. The van der Waals surface area contributed by atoms with E-state index in [2.05, 4.69) is 5.32 Å². The molecule has 0 aliphatic rings. The zero-order valence-corrected chi connectivity index (χ0v) is 13.6. The molecule has 0 atom stereocenters. The van der Waals surface area contributed by atoms with Crippen LogP contribution in [0.15, 0.2) is 59.4 Å². The van der Waals surface area contributed by atoms with E-state index in [-0.39, 0.29) is 11.1 Å². The Bertz CT molecular complexity index is 965. The van der Waals surface area contributed by atoms with Crippen LogP contribution in [0.4, 0.5) is 5.69 Å². The van der Waals surface area contributed by atoms with E-state index in [1.54, 1.807) is 22.8 Å². The zero-order chi connectivity index (χ0) is 17.8. The number of benzene rings is 2. The number of nitrogens with two attached hydrogens (primary N) is 1. The summed E-state index contributed by atoms with van der Waals surface area (Å²) >= 11 is 0. The van der Waals surface area contributed by atoms with Crippen LogP contribution in [0.2, 0.25) is 0 Å². The lowest BCUT2D eigenvalue weighted by Gasteiger charge is -2.16. The van der Waals surface area contributed by atoms with Gasteiger partial charge in [0.15, 0.2) is 5.43 Å². The fourth-order valence-electron chi connectivity index (χ4n) is 2.81. The SMILES string of the molecule is NCCNc1ccc2c(=O)cc(C(=O)O)n(Cc3ccccc3)c2c1. The monoisotopic (exact) mass is 337 g/mol. The molecule has 1 aromatic heterocycles. The van der Waals surface area contributed by atoms with E-state index < -0.39 is 5.97 Å². The second kappa shape index (κ2) is 7.19. The van der Waals surface area contributed by atoms with Crippen molar-refractivity contribution in [2.24, 2.45) is 5.73 Å². The lowest BCUT2D eigenvalue weighted by atomic mass is 10.1. The Hall–Kier alpha value is -3.12. The van der Waals surface area contributed by atoms with Gasteiger partial charge < -0.3 is 20.7 Å². The summed E-state index contributed by atoms with van der Waals surface area (Å²) in [6.07, 6.45) is 0. The molecule has 0 amide bonds. The van der Waals surface area contributed by atoms with Gasteiger partial charge in [0.1, 0.15) is 5.69 Å². The highest BCUT2D eigenvalue weighted by Crippen LogP contribution is 2.20. The van der Waals surface area contributed by atoms with Crippen LogP contribution in [-0.4, -0.2) is 28.7 Å². The van der Waals surface area contributed by atoms with Gasteiger partial charge in [-0.15, -0.1) is 0 Å². The van der Waals surface area contributed by atoms with Gasteiger partial charge in [0.05, 0.1) is 5.52 Å². The fraction of sp³-hybridized carbons (Fsp3) is 0.158. The minimum Gasteiger partial charge on any atom is -0.477 e. The number of hydrogen-bond acceptors (Lipinski definition) is 4. The predicted octanol–water partition coefficient (Wildman–Crippen LogP) is 2.12. The first-order valence-electron chi connectivity index (χ1n) is 7.99. The number of carboxylic acid groups (broad SMARTS) is 1. The average molecular weight is 337 g/mol. The lowest BCUT2D eigenvalue weighted by Crippen LogP contribution is -2.19. The number of pyridine rings is 1. The minimum absolute atomic E-state index is 0.0303. The number of aromatic nitrogens is 1. The fourth-order valence-corrected chi connectivity index (χ4v) is 2.81. The molecule has 0 unspecified atom stereocenters. The van der Waals surface area contributed by atoms with Crippen molar-refractivity contribution in [3.63, 3.8) is 0 Å². The van der Waals surface area contributed by atoms with Crippen molar-refractivity contribution in [3.8, 4) is 0 Å². The molecule has 1 heterocycles. The summed E-state index contributed by atoms with van der Waals surface area (Å²) in [7, 11) is 0. The van der Waals surface area contributed by atoms with Gasteiger partial charge in [-0.1, -0.05) is 30.3 Å². The molecule has 0 bridgehead atoms. The van der Waals surface area contributed by atoms with Crippen LogP contribution in [-0.2, 0) is 6.54 Å². The summed E-state index contributed by atoms with van der Waals surface area (Å²) in [5.74, 6) is -1.13. The molecule has 6 heteroatoms. The molecular weight excluding hydrogens is 318 g/mol. The molecule has 0 saturated carbocycles. The van der Waals surface area contributed by atoms with Crippen molar-refractivity contribution in [1.29, 1.82) is 0 Å². The summed E-state index contributed by atoms with van der Waals surface area (Å²) < 4.78 is 1.65. The van der Waals surface area contributed by atoms with Crippen LogP contribution in [0.25, 0.3) is 10.9 Å². The van der Waals surface area contributed by atoms with Crippen LogP contribution in [0.1, 0.15) is 16.1 Å². The number of aromatic carboxylic acids is 1. The first-order chi connectivity index (χ1) is 12.1. The predicted molar refractivity (Wildman–Crippen MR) is 98.3 cm³/mol. The molecule has 0 aliphatic heterocycles. The Kier molecular flexibility index (Phi) is 4.81. The van der Waals surface area contributed by atoms with E-state index in [4.69, 9.17) is 5.73 Å². The van der Waals surface area contributed by atoms with Crippen molar-refractivity contribution in [2.45, 2.75) is 6.54 Å². The Balaban J connectivity index is 2.21. The van der Waals surface area contributed by atoms with E-state index in [1.165, 1.54) is 6.07 Å². The van der Waals surface area contributed by atoms with E-state index in [1.807, 2.05) is 30.3 Å². The van der Waals surface area contributed by atoms with Gasteiger partial charge in [-0.25, -0.2) is 4.79 Å². The number of fused-ring (bicyclic) bond motifs is 1. The van der Waals surface area contributed by atoms with Gasteiger partial charge in [-0.2, -0.15) is 0 Å². The van der Waals surface area contributed by atoms with E-state index in [0.717, 1.165) is 11.3 Å². The topological polar surface area (TPSA) is 97.3 Å². The maximum atomic E-state index is 12.3. The number of hydrogen-bond donors (Lipinski definition) is 3. The molecule has 3 aromatic rings. The highest BCUT2D eigenvalue weighted by atomic mass is 16.4. The van der Waals surface area contributed by atoms with Crippen molar-refractivity contribution < 1.29 is 9.90 Å². The minimum atomic E-state index is -1.13. The van der Waals surface area contributed by atoms with Crippen molar-refractivity contribution in [2.75, 3.05) is 18.4 Å². The summed E-state index contributed by atoms with van der Waals surface area (Å²) in [6.45, 7) is 1.43. The normalized spacial score (nSPS) is 10.8. The molecule has 25 heavy (non-hydrogen) atoms. The smallest absolute Gasteiger partial charge is 0.352 e. The molecule has 128 valence electrons. The number of carbonyl (C=O) groups is 1. The third-order valence-electron chi connectivity index (χ3n) is 3.99. The standard InChI is InChI=1S/C19H19N3O3/c20-8-9-21-14-6-7-15-16(10-14)22(12-13-4-2-1-3-5-13)17(19(24)25)11-18(15)23/h1-7,10-11,21H,8-9,12,20H2,(H,24,25). The molecule has 2 aromatic carbocycles. The highest BCUT2D eigenvalue weighted by molar-refractivity contribution is 5.91. The van der Waals surface area contributed by atoms with Crippen LogP contribution in [0.5, 0.6) is 0 Å². The largest absolute Gasteiger partial charge is 0.477 e. The van der Waals surface area contributed by atoms with E-state index in [9.17, 15) is 14.7 Å². The first kappa shape index (κ1) is 16.7. The van der Waals surface area contributed by atoms with E-state index >= 15 is 0 Å². The number of anilines is 1. The second-order valence-electron chi connectivity index (χ2n) is 5.72. The van der Waals surface area contributed by atoms with Crippen molar-refractivity contribution >= 4 is 22.6 Å². The van der Waals surface area contributed by atoms with Gasteiger partial charge in [-0.05, 0) is 23.8 Å². The third-order valence-corrected chi connectivity index (χ3v) is 3.99. The number of carboxylic acids is 1. The molecule has 6 nitrogen and oxygen atoms in total. The number of nitrogens with zero attached hydrogens (tertiary/aromatic N) is 1. The molecule has 3 rings (SSSR count). The summed E-state index contributed by atoms with van der Waals surface area (Å²) in [4.78, 5) is 24.0. The van der Waals surface area contributed by atoms with Crippen LogP contribution in [0, 0.1) is 0 Å². The lowest BCUT2D eigenvalue weighted by molar-refractivity contribution is 0.0685. The van der Waals surface area contributed by atoms with Gasteiger partial charge in [0, 0.05) is 36.8 Å². The van der Waals surface area contributed by atoms with Gasteiger partial charge in [0.25, 0.3) is 0 Å². The Morgan fingerprint density at radius 1 is 1.12 bits per heavy atom. The molecule has 0 fully saturated rings. The first-order valence-corrected chi connectivity index (χ1v) is 7.99. The molecule has 4 N–H and O–H groups in total. The second-order valence-corrected chi connectivity index (χ2v) is 5.72. The summed E-state index contributed by atoms with van der Waals surface area (Å²) in [6, 6.07) is 16.0. The molecule has 0 radical (unpaired) electrons. The van der Waals surface area contributed by atoms with Crippen molar-refractivity contribution in [1.82, 2.24) is 4.57 Å². The zero-order valence-electron chi connectivity index (χ0n) is 13.6. The number of rotatable bonds is 6. The molecular formula is C19H19N3O3. The molecule has 0 saturated heterocycles. The van der Waals surface area contributed by atoms with Gasteiger partial charge >= 0.3 is 5.97 Å².